The lowest BCUT2D eigenvalue weighted by atomic mass is 9.94. The topological polar surface area (TPSA) is 138 Å². The molecule has 1 aromatic carbocycles. The third-order valence-electron chi connectivity index (χ3n) is 4.73. The van der Waals surface area contributed by atoms with Crippen molar-refractivity contribution < 1.29 is 26.9 Å². The van der Waals surface area contributed by atoms with E-state index in [0.717, 1.165) is 17.7 Å². The highest BCUT2D eigenvalue weighted by atomic mass is 32.2. The van der Waals surface area contributed by atoms with Crippen LogP contribution in [0.15, 0.2) is 29.6 Å². The van der Waals surface area contributed by atoms with Gasteiger partial charge in [0, 0.05) is 5.38 Å². The number of rotatable bonds is 10. The van der Waals surface area contributed by atoms with E-state index in [2.05, 4.69) is 14.5 Å². The molecule has 0 saturated carbocycles. The van der Waals surface area contributed by atoms with Gasteiger partial charge in [0.25, 0.3) is 0 Å². The van der Waals surface area contributed by atoms with Crippen LogP contribution in [0.25, 0.3) is 0 Å². The van der Waals surface area contributed by atoms with E-state index in [1.807, 2.05) is 12.3 Å². The summed E-state index contributed by atoms with van der Waals surface area (Å²) in [6.45, 7) is 10.9. The number of hydrogen-bond acceptors (Lipinski definition) is 8. The molecule has 2 aromatic rings. The zero-order valence-electron chi connectivity index (χ0n) is 20.3. The summed E-state index contributed by atoms with van der Waals surface area (Å²) in [4.78, 5) is 30.6. The number of ether oxygens (including phenoxy) is 1. The Morgan fingerprint density at radius 3 is 2.26 bits per heavy atom. The van der Waals surface area contributed by atoms with Crippen molar-refractivity contribution in [1.82, 2.24) is 10.3 Å². The van der Waals surface area contributed by atoms with Crippen LogP contribution in [0.3, 0.4) is 0 Å². The van der Waals surface area contributed by atoms with Crippen molar-refractivity contribution in [3.05, 3.63) is 45.9 Å². The van der Waals surface area contributed by atoms with Gasteiger partial charge in [0.2, 0.25) is 5.91 Å². The molecule has 2 atom stereocenters. The number of hydrogen-bond donors (Lipinski definition) is 2. The molecule has 0 spiro atoms. The first kappa shape index (κ1) is 27.7. The van der Waals surface area contributed by atoms with E-state index in [1.165, 1.54) is 23.5 Å². The lowest BCUT2D eigenvalue weighted by Gasteiger charge is -2.27. The van der Waals surface area contributed by atoms with Gasteiger partial charge in [-0.05, 0) is 57.2 Å². The number of thiazole rings is 1. The minimum Gasteiger partial charge on any atom is -0.459 e. The normalized spacial score (nSPS) is 13.9. The molecular formula is C23H33N3O6S2. The Kier molecular flexibility index (Phi) is 9.21. The van der Waals surface area contributed by atoms with Gasteiger partial charge < -0.3 is 14.2 Å². The highest BCUT2D eigenvalue weighted by molar-refractivity contribution is 7.84. The number of benzene rings is 1. The molecule has 0 aliphatic carbocycles. The molecule has 3 N–H and O–H groups in total. The number of carbonyl (C=O) groups excluding carboxylic acids is 2. The van der Waals surface area contributed by atoms with Gasteiger partial charge in [-0.3, -0.25) is 9.59 Å². The fraction of sp³-hybridized carbons (Fsp3) is 0.522. The Morgan fingerprint density at radius 1 is 1.18 bits per heavy atom. The van der Waals surface area contributed by atoms with Crippen molar-refractivity contribution in [3.63, 3.8) is 0 Å². The maximum Gasteiger partial charge on any atom is 0.380 e. The van der Waals surface area contributed by atoms with Crippen LogP contribution in [0.4, 0.5) is 0 Å². The molecule has 0 radical (unpaired) electrons. The van der Waals surface area contributed by atoms with Crippen LogP contribution in [0.1, 0.15) is 63.8 Å². The highest BCUT2D eigenvalue weighted by Crippen LogP contribution is 2.26. The first-order chi connectivity index (χ1) is 15.7. The number of nitrogens with two attached hydrogens (primary N) is 1. The number of aryl methyl sites for hydroxylation is 1. The van der Waals surface area contributed by atoms with E-state index in [0.29, 0.717) is 11.4 Å². The molecule has 2 unspecified atom stereocenters. The van der Waals surface area contributed by atoms with Crippen LogP contribution < -0.4 is 14.6 Å². The third-order valence-corrected chi connectivity index (χ3v) is 6.16. The van der Waals surface area contributed by atoms with E-state index in [4.69, 9.17) is 9.88 Å². The molecule has 1 amide bonds. The number of amides is 1. The van der Waals surface area contributed by atoms with Crippen molar-refractivity contribution in [1.29, 1.82) is 0 Å². The average Bonchev–Trinajstić information content (AvgIpc) is 3.15. The first-order valence-corrected chi connectivity index (χ1v) is 13.3. The minimum absolute atomic E-state index is 0.0825. The van der Waals surface area contributed by atoms with Gasteiger partial charge in [0.05, 0.1) is 11.7 Å². The fourth-order valence-electron chi connectivity index (χ4n) is 3.20. The van der Waals surface area contributed by atoms with Crippen LogP contribution >= 0.6 is 11.3 Å². The van der Waals surface area contributed by atoms with E-state index in [1.54, 1.807) is 46.8 Å². The Balaban J connectivity index is 2.28. The van der Waals surface area contributed by atoms with Crippen LogP contribution in [0, 0.1) is 11.8 Å². The fourth-order valence-corrected chi connectivity index (χ4v) is 4.54. The maximum atomic E-state index is 13.2. The standard InChI is InChI=1S/C23H33N3O6S2/c1-7-16-13-33-21(25-16)18(12-15-8-10-17(11-9-15)32-34(24,29)30)26-20(27)19(14(2)3)22(28)31-23(4,5)6/h8-11,13-14,18-19H,7,12H2,1-6H3,(H,26,27)(H2,24,29,30). The van der Waals surface area contributed by atoms with Crippen molar-refractivity contribution in [2.75, 3.05) is 0 Å². The lowest BCUT2D eigenvalue weighted by Crippen LogP contribution is -2.43. The molecular weight excluding hydrogens is 478 g/mol. The van der Waals surface area contributed by atoms with Gasteiger partial charge in [-0.2, -0.15) is 13.6 Å². The number of nitrogens with one attached hydrogen (secondary N) is 1. The van der Waals surface area contributed by atoms with Crippen molar-refractivity contribution in [2.45, 2.75) is 66.0 Å². The summed E-state index contributed by atoms with van der Waals surface area (Å²) in [5.74, 6) is -2.17. The smallest absolute Gasteiger partial charge is 0.380 e. The molecule has 0 saturated heterocycles. The average molecular weight is 512 g/mol. The molecule has 0 bridgehead atoms. The summed E-state index contributed by atoms with van der Waals surface area (Å²) in [6, 6.07) is 5.83. The van der Waals surface area contributed by atoms with Gasteiger partial charge >= 0.3 is 16.3 Å². The van der Waals surface area contributed by atoms with Crippen LogP contribution in [0.5, 0.6) is 5.75 Å². The van der Waals surface area contributed by atoms with Gasteiger partial charge in [0.15, 0.2) is 0 Å². The third kappa shape index (κ3) is 8.69. The van der Waals surface area contributed by atoms with Crippen molar-refractivity contribution in [3.8, 4) is 5.75 Å². The van der Waals surface area contributed by atoms with Gasteiger partial charge in [0.1, 0.15) is 22.3 Å². The highest BCUT2D eigenvalue weighted by Gasteiger charge is 2.35. The quantitative estimate of drug-likeness (QED) is 0.369. The SMILES string of the molecule is CCc1csc(C(Cc2ccc(OS(N)(=O)=O)cc2)NC(=O)C(C(=O)OC(C)(C)C)C(C)C)n1. The molecule has 34 heavy (non-hydrogen) atoms. The number of nitrogens with zero attached hydrogens (tertiary/aromatic N) is 1. The molecule has 188 valence electrons. The minimum atomic E-state index is -4.12. The summed E-state index contributed by atoms with van der Waals surface area (Å²) in [5.41, 5.74) is 0.998. The molecule has 11 heteroatoms. The second-order valence-electron chi connectivity index (χ2n) is 9.27. The second-order valence-corrected chi connectivity index (χ2v) is 11.3. The molecule has 0 fully saturated rings. The van der Waals surface area contributed by atoms with Crippen LogP contribution in [0.2, 0.25) is 0 Å². The largest absolute Gasteiger partial charge is 0.459 e. The summed E-state index contributed by atoms with van der Waals surface area (Å²) in [6.07, 6.45) is 1.13. The van der Waals surface area contributed by atoms with Gasteiger partial charge in [-0.1, -0.05) is 32.9 Å². The predicted molar refractivity (Wildman–Crippen MR) is 130 cm³/mol. The second kappa shape index (κ2) is 11.3. The monoisotopic (exact) mass is 511 g/mol. The Labute approximate surface area is 205 Å². The molecule has 1 aromatic heterocycles. The summed E-state index contributed by atoms with van der Waals surface area (Å²) in [5, 5.41) is 10.5. The van der Waals surface area contributed by atoms with E-state index >= 15 is 0 Å². The van der Waals surface area contributed by atoms with Gasteiger partial charge in [-0.25, -0.2) is 4.98 Å². The number of esters is 1. The zero-order chi connectivity index (χ0) is 25.7. The number of aromatic nitrogens is 1. The van der Waals surface area contributed by atoms with Gasteiger partial charge in [-0.15, -0.1) is 11.3 Å². The Bertz CT molecular complexity index is 1090. The summed E-state index contributed by atoms with van der Waals surface area (Å²) in [7, 11) is -4.12. The van der Waals surface area contributed by atoms with E-state index < -0.39 is 39.7 Å². The maximum absolute atomic E-state index is 13.2. The van der Waals surface area contributed by atoms with E-state index in [9.17, 15) is 18.0 Å². The Morgan fingerprint density at radius 2 is 1.79 bits per heavy atom. The summed E-state index contributed by atoms with van der Waals surface area (Å²) < 4.78 is 32.4. The Hall–Kier alpha value is -2.50. The van der Waals surface area contributed by atoms with Crippen LogP contribution in [-0.2, 0) is 37.5 Å². The molecule has 0 aliphatic rings. The number of carbonyl (C=O) groups is 2. The first-order valence-electron chi connectivity index (χ1n) is 11.0. The molecule has 1 heterocycles. The zero-order valence-corrected chi connectivity index (χ0v) is 22.0. The van der Waals surface area contributed by atoms with Crippen molar-refractivity contribution in [2.24, 2.45) is 17.0 Å². The predicted octanol–water partition coefficient (Wildman–Crippen LogP) is 3.30. The molecule has 9 nitrogen and oxygen atoms in total. The lowest BCUT2D eigenvalue weighted by molar-refractivity contribution is -0.164. The molecule has 0 aliphatic heterocycles. The van der Waals surface area contributed by atoms with E-state index in [-0.39, 0.29) is 11.7 Å². The summed E-state index contributed by atoms with van der Waals surface area (Å²) >= 11 is 1.43. The van der Waals surface area contributed by atoms with Crippen molar-refractivity contribution >= 4 is 33.5 Å². The van der Waals surface area contributed by atoms with Crippen LogP contribution in [-0.4, -0.2) is 30.9 Å². The molecule has 2 rings (SSSR count).